The van der Waals surface area contributed by atoms with Crippen LogP contribution in [0.3, 0.4) is 0 Å². The Morgan fingerprint density at radius 1 is 1.33 bits per heavy atom. The van der Waals surface area contributed by atoms with Crippen molar-refractivity contribution >= 4 is 29.3 Å². The van der Waals surface area contributed by atoms with Crippen molar-refractivity contribution in [3.8, 4) is 0 Å². The minimum Gasteiger partial charge on any atom is -0.478 e. The molecule has 0 aliphatic rings. The van der Waals surface area contributed by atoms with Gasteiger partial charge in [-0.1, -0.05) is 12.1 Å². The van der Waals surface area contributed by atoms with Gasteiger partial charge in [0, 0.05) is 30.7 Å². The van der Waals surface area contributed by atoms with Gasteiger partial charge < -0.3 is 10.0 Å². The molecule has 0 saturated heterocycles. The standard InChI is InChI=1S/C13H15ClFNO2/c14-7-9-16(10-8-15)12-4-1-11(2-5-12)3-6-13(17)18/h1-6H,7-10H2,(H,17,18). The Labute approximate surface area is 110 Å². The number of carboxylic acids is 1. The van der Waals surface area contributed by atoms with Crippen LogP contribution in [0, 0.1) is 0 Å². The van der Waals surface area contributed by atoms with Gasteiger partial charge in [-0.2, -0.15) is 0 Å². The Morgan fingerprint density at radius 3 is 2.50 bits per heavy atom. The van der Waals surface area contributed by atoms with E-state index in [2.05, 4.69) is 0 Å². The summed E-state index contributed by atoms with van der Waals surface area (Å²) < 4.78 is 12.4. The largest absolute Gasteiger partial charge is 0.478 e. The molecule has 0 aliphatic heterocycles. The zero-order chi connectivity index (χ0) is 13.4. The quantitative estimate of drug-likeness (QED) is 0.612. The number of aliphatic carboxylic acids is 1. The number of benzene rings is 1. The third kappa shape index (κ3) is 4.75. The predicted octanol–water partition coefficient (Wildman–Crippen LogP) is 2.80. The third-order valence-corrected chi connectivity index (χ3v) is 2.55. The van der Waals surface area contributed by atoms with Crippen LogP contribution in [0.25, 0.3) is 6.08 Å². The fourth-order valence-corrected chi connectivity index (χ4v) is 1.74. The van der Waals surface area contributed by atoms with Crippen LogP contribution in [0.15, 0.2) is 30.3 Å². The number of anilines is 1. The molecule has 0 heterocycles. The van der Waals surface area contributed by atoms with E-state index in [4.69, 9.17) is 16.7 Å². The van der Waals surface area contributed by atoms with Crippen LogP contribution < -0.4 is 4.90 Å². The average Bonchev–Trinajstić information content (AvgIpc) is 2.37. The van der Waals surface area contributed by atoms with Crippen molar-refractivity contribution in [3.05, 3.63) is 35.9 Å². The summed E-state index contributed by atoms with van der Waals surface area (Å²) in [6.45, 7) is 0.449. The van der Waals surface area contributed by atoms with Gasteiger partial charge in [-0.3, -0.25) is 0 Å². The van der Waals surface area contributed by atoms with Gasteiger partial charge in [0.1, 0.15) is 6.67 Å². The zero-order valence-electron chi connectivity index (χ0n) is 9.85. The molecule has 1 aromatic rings. The molecule has 5 heteroatoms. The highest BCUT2D eigenvalue weighted by atomic mass is 35.5. The maximum absolute atomic E-state index is 12.4. The average molecular weight is 272 g/mol. The summed E-state index contributed by atoms with van der Waals surface area (Å²) in [4.78, 5) is 12.2. The molecule has 0 radical (unpaired) electrons. The van der Waals surface area contributed by atoms with Crippen molar-refractivity contribution < 1.29 is 14.3 Å². The normalized spacial score (nSPS) is 10.8. The van der Waals surface area contributed by atoms with E-state index in [1.54, 1.807) is 12.1 Å². The predicted molar refractivity (Wildman–Crippen MR) is 72.0 cm³/mol. The van der Waals surface area contributed by atoms with Gasteiger partial charge in [0.2, 0.25) is 0 Å². The van der Waals surface area contributed by atoms with Crippen molar-refractivity contribution in [2.75, 3.05) is 30.5 Å². The summed E-state index contributed by atoms with van der Waals surface area (Å²) in [5.74, 6) is -0.555. The fourth-order valence-electron chi connectivity index (χ4n) is 1.54. The highest BCUT2D eigenvalue weighted by molar-refractivity contribution is 6.18. The first-order chi connectivity index (χ1) is 8.67. The van der Waals surface area contributed by atoms with Crippen molar-refractivity contribution in [1.29, 1.82) is 0 Å². The number of hydrogen-bond acceptors (Lipinski definition) is 2. The Balaban J connectivity index is 2.76. The number of nitrogens with zero attached hydrogens (tertiary/aromatic N) is 1. The summed E-state index contributed by atoms with van der Waals surface area (Å²) in [7, 11) is 0. The van der Waals surface area contributed by atoms with E-state index >= 15 is 0 Å². The molecule has 0 saturated carbocycles. The molecular formula is C13H15ClFNO2. The molecule has 0 amide bonds. The zero-order valence-corrected chi connectivity index (χ0v) is 10.6. The number of carboxylic acid groups (broad SMARTS) is 1. The van der Waals surface area contributed by atoms with Gasteiger partial charge in [0.05, 0.1) is 0 Å². The van der Waals surface area contributed by atoms with E-state index in [0.717, 1.165) is 17.3 Å². The third-order valence-electron chi connectivity index (χ3n) is 2.39. The van der Waals surface area contributed by atoms with Gasteiger partial charge >= 0.3 is 5.97 Å². The van der Waals surface area contributed by atoms with E-state index in [1.165, 1.54) is 6.08 Å². The van der Waals surface area contributed by atoms with Crippen LogP contribution in [-0.4, -0.2) is 36.7 Å². The highest BCUT2D eigenvalue weighted by Gasteiger charge is 2.04. The minimum atomic E-state index is -0.986. The lowest BCUT2D eigenvalue weighted by Crippen LogP contribution is -2.27. The van der Waals surface area contributed by atoms with Crippen molar-refractivity contribution in [2.45, 2.75) is 0 Å². The Bertz CT molecular complexity index is 400. The van der Waals surface area contributed by atoms with E-state index in [1.807, 2.05) is 17.0 Å². The molecule has 18 heavy (non-hydrogen) atoms. The van der Waals surface area contributed by atoms with E-state index < -0.39 is 12.6 Å². The number of alkyl halides is 2. The van der Waals surface area contributed by atoms with E-state index in [-0.39, 0.29) is 0 Å². The lowest BCUT2D eigenvalue weighted by molar-refractivity contribution is -0.131. The first-order valence-corrected chi connectivity index (χ1v) is 6.08. The maximum Gasteiger partial charge on any atom is 0.328 e. The van der Waals surface area contributed by atoms with E-state index in [9.17, 15) is 9.18 Å². The maximum atomic E-state index is 12.4. The lowest BCUT2D eigenvalue weighted by atomic mass is 10.2. The van der Waals surface area contributed by atoms with Crippen LogP contribution in [0.1, 0.15) is 5.56 Å². The van der Waals surface area contributed by atoms with Crippen LogP contribution in [0.5, 0.6) is 0 Å². The molecule has 1 aromatic carbocycles. The van der Waals surface area contributed by atoms with E-state index in [0.29, 0.717) is 19.0 Å². The minimum absolute atomic E-state index is 0.303. The summed E-state index contributed by atoms with van der Waals surface area (Å²) >= 11 is 5.66. The molecule has 0 aliphatic carbocycles. The second-order valence-corrected chi connectivity index (χ2v) is 4.01. The molecular weight excluding hydrogens is 257 g/mol. The van der Waals surface area contributed by atoms with Crippen LogP contribution in [-0.2, 0) is 4.79 Å². The van der Waals surface area contributed by atoms with Crippen molar-refractivity contribution in [3.63, 3.8) is 0 Å². The van der Waals surface area contributed by atoms with Gasteiger partial charge in [-0.05, 0) is 23.8 Å². The van der Waals surface area contributed by atoms with Gasteiger partial charge in [-0.15, -0.1) is 11.6 Å². The number of rotatable bonds is 7. The Hall–Kier alpha value is -1.55. The molecule has 0 aromatic heterocycles. The molecule has 0 atom stereocenters. The van der Waals surface area contributed by atoms with Gasteiger partial charge in [0.25, 0.3) is 0 Å². The lowest BCUT2D eigenvalue weighted by Gasteiger charge is -2.22. The van der Waals surface area contributed by atoms with Gasteiger partial charge in [0.15, 0.2) is 0 Å². The number of carbonyl (C=O) groups is 1. The second kappa shape index (κ2) is 7.71. The van der Waals surface area contributed by atoms with Crippen molar-refractivity contribution in [2.24, 2.45) is 0 Å². The molecule has 0 fully saturated rings. The topological polar surface area (TPSA) is 40.5 Å². The highest BCUT2D eigenvalue weighted by Crippen LogP contribution is 2.16. The Morgan fingerprint density at radius 2 is 2.00 bits per heavy atom. The summed E-state index contributed by atoms with van der Waals surface area (Å²) in [6, 6.07) is 7.22. The smallest absolute Gasteiger partial charge is 0.328 e. The fraction of sp³-hybridized carbons (Fsp3) is 0.308. The van der Waals surface area contributed by atoms with Gasteiger partial charge in [-0.25, -0.2) is 9.18 Å². The summed E-state index contributed by atoms with van der Waals surface area (Å²) in [5, 5.41) is 8.51. The van der Waals surface area contributed by atoms with Crippen molar-refractivity contribution in [1.82, 2.24) is 0 Å². The molecule has 0 unspecified atom stereocenters. The van der Waals surface area contributed by atoms with Crippen LogP contribution in [0.2, 0.25) is 0 Å². The number of hydrogen-bond donors (Lipinski definition) is 1. The monoisotopic (exact) mass is 271 g/mol. The second-order valence-electron chi connectivity index (χ2n) is 3.63. The molecule has 0 bridgehead atoms. The first kappa shape index (κ1) is 14.5. The first-order valence-electron chi connectivity index (χ1n) is 5.55. The SMILES string of the molecule is O=C(O)C=Cc1ccc(N(CCF)CCCl)cc1. The Kier molecular flexibility index (Phi) is 6.22. The number of halogens is 2. The summed E-state index contributed by atoms with van der Waals surface area (Å²) in [6.07, 6.45) is 2.58. The molecule has 3 nitrogen and oxygen atoms in total. The molecule has 0 spiro atoms. The van der Waals surface area contributed by atoms with Crippen LogP contribution >= 0.6 is 11.6 Å². The molecule has 1 N–H and O–H groups in total. The summed E-state index contributed by atoms with van der Waals surface area (Å²) in [5.41, 5.74) is 1.66. The van der Waals surface area contributed by atoms with Crippen LogP contribution in [0.4, 0.5) is 10.1 Å². The molecule has 1 rings (SSSR count). The molecule has 98 valence electrons.